The summed E-state index contributed by atoms with van der Waals surface area (Å²) in [4.78, 5) is 2.60. The van der Waals surface area contributed by atoms with E-state index in [4.69, 9.17) is 15.7 Å². The minimum absolute atomic E-state index is 0.196. The predicted molar refractivity (Wildman–Crippen MR) is 44.8 cm³/mol. The molecule has 0 heterocycles. The first kappa shape index (κ1) is 10.3. The lowest BCUT2D eigenvalue weighted by Gasteiger charge is -2.22. The fourth-order valence-corrected chi connectivity index (χ4v) is 1.74. The third kappa shape index (κ3) is 1.92. The number of aliphatic hydroxyl groups is 3. The minimum atomic E-state index is -0.754. The number of rotatable bonds is 3. The Hall–Kier alpha value is -0.810. The van der Waals surface area contributed by atoms with E-state index in [9.17, 15) is 5.11 Å². The van der Waals surface area contributed by atoms with Crippen LogP contribution in [0, 0.1) is 5.41 Å². The van der Waals surface area contributed by atoms with Gasteiger partial charge in [-0.1, -0.05) is 5.11 Å². The van der Waals surface area contributed by atoms with Crippen molar-refractivity contribution in [2.24, 2.45) is 10.5 Å². The maximum Gasteiger partial charge on any atom is 0.0640 e. The number of azide groups is 1. The van der Waals surface area contributed by atoms with Crippen LogP contribution in [-0.2, 0) is 0 Å². The number of hydrogen-bond donors (Lipinski definition) is 3. The van der Waals surface area contributed by atoms with Gasteiger partial charge in [-0.05, 0) is 18.4 Å². The molecule has 0 aromatic rings. The molecule has 0 aliphatic heterocycles. The lowest BCUT2D eigenvalue weighted by molar-refractivity contribution is 0.0466. The van der Waals surface area contributed by atoms with Gasteiger partial charge in [0.15, 0.2) is 0 Å². The molecule has 1 aliphatic rings. The van der Waals surface area contributed by atoms with Crippen LogP contribution < -0.4 is 0 Å². The molecule has 0 amide bonds. The lowest BCUT2D eigenvalue weighted by Crippen LogP contribution is -2.27. The molecule has 0 bridgehead atoms. The SMILES string of the molecule is [N-]=[N+]=N[C@@H]1CC(CO)(CO)C[C@H]1O. The second-order valence-corrected chi connectivity index (χ2v) is 3.56. The van der Waals surface area contributed by atoms with E-state index in [1.165, 1.54) is 0 Å². The van der Waals surface area contributed by atoms with E-state index >= 15 is 0 Å². The van der Waals surface area contributed by atoms with Crippen molar-refractivity contribution in [1.82, 2.24) is 0 Å². The number of nitrogens with zero attached hydrogens (tertiary/aromatic N) is 3. The van der Waals surface area contributed by atoms with Gasteiger partial charge in [0.05, 0.1) is 25.4 Å². The molecule has 0 aromatic carbocycles. The van der Waals surface area contributed by atoms with E-state index in [0.29, 0.717) is 6.42 Å². The molecule has 1 saturated carbocycles. The van der Waals surface area contributed by atoms with Crippen LogP contribution in [0.1, 0.15) is 12.8 Å². The summed E-state index contributed by atoms with van der Waals surface area (Å²) in [6.45, 7) is -0.393. The summed E-state index contributed by atoms with van der Waals surface area (Å²) in [5.41, 5.74) is 7.50. The molecule has 74 valence electrons. The van der Waals surface area contributed by atoms with Gasteiger partial charge in [-0.25, -0.2) is 0 Å². The zero-order valence-electron chi connectivity index (χ0n) is 7.17. The highest BCUT2D eigenvalue weighted by molar-refractivity contribution is 4.97. The first-order chi connectivity index (χ1) is 6.17. The van der Waals surface area contributed by atoms with Crippen LogP contribution in [0.25, 0.3) is 10.4 Å². The fraction of sp³-hybridized carbons (Fsp3) is 1.00. The van der Waals surface area contributed by atoms with Gasteiger partial charge in [-0.3, -0.25) is 0 Å². The van der Waals surface area contributed by atoms with Crippen LogP contribution >= 0.6 is 0 Å². The Morgan fingerprint density at radius 3 is 2.38 bits per heavy atom. The van der Waals surface area contributed by atoms with E-state index in [0.717, 1.165) is 0 Å². The van der Waals surface area contributed by atoms with Crippen molar-refractivity contribution in [3.8, 4) is 0 Å². The molecule has 1 aliphatic carbocycles. The van der Waals surface area contributed by atoms with Crippen molar-refractivity contribution >= 4 is 0 Å². The van der Waals surface area contributed by atoms with Crippen LogP contribution in [0.5, 0.6) is 0 Å². The maximum atomic E-state index is 9.43. The molecular weight excluding hydrogens is 174 g/mol. The van der Waals surface area contributed by atoms with Gasteiger partial charge >= 0.3 is 0 Å². The van der Waals surface area contributed by atoms with Crippen LogP contribution in [0.15, 0.2) is 5.11 Å². The number of aliphatic hydroxyl groups excluding tert-OH is 3. The molecule has 0 saturated heterocycles. The van der Waals surface area contributed by atoms with E-state index in [1.54, 1.807) is 0 Å². The van der Waals surface area contributed by atoms with Crippen molar-refractivity contribution in [1.29, 1.82) is 0 Å². The Morgan fingerprint density at radius 1 is 1.38 bits per heavy atom. The number of hydrogen-bond acceptors (Lipinski definition) is 4. The highest BCUT2D eigenvalue weighted by atomic mass is 16.3. The Balaban J connectivity index is 2.72. The molecule has 0 unspecified atom stereocenters. The third-order valence-electron chi connectivity index (χ3n) is 2.60. The van der Waals surface area contributed by atoms with Gasteiger partial charge in [0.2, 0.25) is 0 Å². The first-order valence-corrected chi connectivity index (χ1v) is 4.11. The molecule has 1 fully saturated rings. The average Bonchev–Trinajstić information content (AvgIpc) is 2.45. The lowest BCUT2D eigenvalue weighted by atomic mass is 9.88. The molecule has 1 rings (SSSR count). The average molecular weight is 187 g/mol. The molecule has 3 N–H and O–H groups in total. The highest BCUT2D eigenvalue weighted by Crippen LogP contribution is 2.39. The summed E-state index contributed by atoms with van der Waals surface area (Å²) >= 11 is 0. The topological polar surface area (TPSA) is 109 Å². The second-order valence-electron chi connectivity index (χ2n) is 3.56. The van der Waals surface area contributed by atoms with Crippen molar-refractivity contribution in [2.45, 2.75) is 25.0 Å². The summed E-state index contributed by atoms with van der Waals surface area (Å²) in [5.74, 6) is 0. The molecule has 6 heteroatoms. The van der Waals surface area contributed by atoms with Crippen molar-refractivity contribution in [2.75, 3.05) is 13.2 Å². The Kier molecular flexibility index (Phi) is 3.11. The molecule has 0 aromatic heterocycles. The molecule has 13 heavy (non-hydrogen) atoms. The predicted octanol–water partition coefficient (Wildman–Crippen LogP) is -0.209. The van der Waals surface area contributed by atoms with Crippen LogP contribution in [0.4, 0.5) is 0 Å². The van der Waals surface area contributed by atoms with Crippen molar-refractivity contribution in [3.05, 3.63) is 10.4 Å². The molecule has 2 atom stereocenters. The third-order valence-corrected chi connectivity index (χ3v) is 2.60. The standard InChI is InChI=1S/C7H13N3O3/c8-10-9-5-1-7(3-11,4-12)2-6(5)13/h5-6,11-13H,1-4H2/t5-,6-/m1/s1. The van der Waals surface area contributed by atoms with Crippen molar-refractivity contribution < 1.29 is 15.3 Å². The van der Waals surface area contributed by atoms with Crippen LogP contribution in [-0.4, -0.2) is 40.7 Å². The summed E-state index contributed by atoms with van der Waals surface area (Å²) in [5, 5.41) is 30.9. The zero-order chi connectivity index (χ0) is 9.90. The van der Waals surface area contributed by atoms with Gasteiger partial charge in [-0.2, -0.15) is 0 Å². The van der Waals surface area contributed by atoms with E-state index in [2.05, 4.69) is 10.0 Å². The summed E-state index contributed by atoms with van der Waals surface area (Å²) in [6.07, 6.45) is -0.134. The van der Waals surface area contributed by atoms with Gasteiger partial charge < -0.3 is 15.3 Å². The van der Waals surface area contributed by atoms with E-state index < -0.39 is 17.6 Å². The normalized spacial score (nSPS) is 31.3. The zero-order valence-corrected chi connectivity index (χ0v) is 7.17. The monoisotopic (exact) mass is 187 g/mol. The smallest absolute Gasteiger partial charge is 0.0640 e. The second kappa shape index (κ2) is 3.93. The Morgan fingerprint density at radius 2 is 2.00 bits per heavy atom. The summed E-state index contributed by atoms with van der Waals surface area (Å²) < 4.78 is 0. The summed E-state index contributed by atoms with van der Waals surface area (Å²) in [7, 11) is 0. The molecule has 0 radical (unpaired) electrons. The Labute approximate surface area is 75.4 Å². The quantitative estimate of drug-likeness (QED) is 0.323. The minimum Gasteiger partial charge on any atom is -0.396 e. The van der Waals surface area contributed by atoms with Crippen LogP contribution in [0.3, 0.4) is 0 Å². The molecule has 6 nitrogen and oxygen atoms in total. The Bertz CT molecular complexity index is 223. The maximum absolute atomic E-state index is 9.43. The van der Waals surface area contributed by atoms with Gasteiger partial charge in [0.1, 0.15) is 0 Å². The van der Waals surface area contributed by atoms with E-state index in [1.807, 2.05) is 0 Å². The highest BCUT2D eigenvalue weighted by Gasteiger charge is 2.43. The molecule has 0 spiro atoms. The van der Waals surface area contributed by atoms with Gasteiger partial charge in [0.25, 0.3) is 0 Å². The first-order valence-electron chi connectivity index (χ1n) is 4.11. The largest absolute Gasteiger partial charge is 0.396 e. The summed E-state index contributed by atoms with van der Waals surface area (Å²) in [6, 6.07) is -0.524. The fourth-order valence-electron chi connectivity index (χ4n) is 1.74. The van der Waals surface area contributed by atoms with Crippen LogP contribution in [0.2, 0.25) is 0 Å². The van der Waals surface area contributed by atoms with Crippen molar-refractivity contribution in [3.63, 3.8) is 0 Å². The van der Waals surface area contributed by atoms with Gasteiger partial charge in [-0.15, -0.1) is 0 Å². The van der Waals surface area contributed by atoms with E-state index in [-0.39, 0.29) is 19.6 Å². The molecular formula is C7H13N3O3. The van der Waals surface area contributed by atoms with Gasteiger partial charge in [0, 0.05) is 10.3 Å².